The van der Waals surface area contributed by atoms with Crippen LogP contribution in [-0.2, 0) is 16.7 Å². The molecule has 6 nitrogen and oxygen atoms in total. The van der Waals surface area contributed by atoms with Crippen molar-refractivity contribution in [2.75, 3.05) is 19.5 Å². The number of fused-ring (bicyclic) bond motifs is 5. The molecule has 0 amide bonds. The fourth-order valence-corrected chi connectivity index (χ4v) is 3.47. The minimum Gasteiger partial charge on any atom is -0.394 e. The summed E-state index contributed by atoms with van der Waals surface area (Å²) in [6.07, 6.45) is 0.715. The molecule has 4 aromatic carbocycles. The fourth-order valence-electron chi connectivity index (χ4n) is 3.47. The van der Waals surface area contributed by atoms with E-state index in [1.165, 1.54) is 32.3 Å². The van der Waals surface area contributed by atoms with E-state index in [2.05, 4.69) is 72.0 Å². The Morgan fingerprint density at radius 3 is 1.94 bits per heavy atom. The van der Waals surface area contributed by atoms with E-state index in [1.54, 1.807) is 0 Å². The largest absolute Gasteiger partial charge is 0.394 e. The Kier molecular flexibility index (Phi) is 6.93. The number of nitrogens with one attached hydrogen (secondary N) is 1. The highest BCUT2D eigenvalue weighted by molar-refractivity contribution is 7.85. The van der Waals surface area contributed by atoms with Crippen molar-refractivity contribution in [2.45, 2.75) is 19.0 Å². The van der Waals surface area contributed by atoms with Crippen molar-refractivity contribution < 1.29 is 23.2 Å². The van der Waals surface area contributed by atoms with Crippen LogP contribution < -0.4 is 5.32 Å². The van der Waals surface area contributed by atoms with Crippen molar-refractivity contribution in [1.82, 2.24) is 5.32 Å². The standard InChI is InChI=1S/C23H23NO2.CH4O3S/c1-23(14-25,15-26)24-13-16-6-9-20-18(12-16)8-11-21-19-5-3-2-4-17(19)7-10-22(20)21;1-5(2,3)4/h2-12,24-26H,13-15H2,1H3;1H3,(H,2,3,4). The van der Waals surface area contributed by atoms with Crippen molar-refractivity contribution in [1.29, 1.82) is 0 Å². The van der Waals surface area contributed by atoms with Crippen LogP contribution in [0, 0.1) is 0 Å². The molecule has 164 valence electrons. The van der Waals surface area contributed by atoms with E-state index in [-0.39, 0.29) is 13.2 Å². The third-order valence-corrected chi connectivity index (χ3v) is 5.22. The van der Waals surface area contributed by atoms with Gasteiger partial charge in [0.1, 0.15) is 0 Å². The first-order valence-electron chi connectivity index (χ1n) is 9.86. The smallest absolute Gasteiger partial charge is 0.261 e. The Hall–Kier alpha value is -2.55. The van der Waals surface area contributed by atoms with Crippen molar-refractivity contribution in [3.8, 4) is 0 Å². The average Bonchev–Trinajstić information content (AvgIpc) is 2.75. The molecule has 0 bridgehead atoms. The molecule has 4 rings (SSSR count). The van der Waals surface area contributed by atoms with Gasteiger partial charge in [0, 0.05) is 6.54 Å². The van der Waals surface area contributed by atoms with Gasteiger partial charge in [-0.1, -0.05) is 60.7 Å². The normalized spacial score (nSPS) is 12.2. The second-order valence-electron chi connectivity index (χ2n) is 7.97. The highest BCUT2D eigenvalue weighted by atomic mass is 32.2. The molecule has 0 saturated heterocycles. The van der Waals surface area contributed by atoms with E-state index in [0.29, 0.717) is 12.8 Å². The summed E-state index contributed by atoms with van der Waals surface area (Å²) >= 11 is 0. The van der Waals surface area contributed by atoms with Gasteiger partial charge in [0.2, 0.25) is 0 Å². The molecule has 0 aliphatic carbocycles. The van der Waals surface area contributed by atoms with Crippen LogP contribution in [0.25, 0.3) is 32.3 Å². The number of rotatable bonds is 5. The van der Waals surface area contributed by atoms with Gasteiger partial charge in [0.05, 0.1) is 25.0 Å². The number of benzene rings is 4. The molecule has 31 heavy (non-hydrogen) atoms. The first kappa shape index (κ1) is 23.1. The van der Waals surface area contributed by atoms with Crippen LogP contribution >= 0.6 is 0 Å². The highest BCUT2D eigenvalue weighted by Gasteiger charge is 2.21. The van der Waals surface area contributed by atoms with Gasteiger partial charge in [0.25, 0.3) is 10.1 Å². The third kappa shape index (κ3) is 5.78. The number of aliphatic hydroxyl groups is 2. The molecule has 0 spiro atoms. The highest BCUT2D eigenvalue weighted by Crippen LogP contribution is 2.31. The Morgan fingerprint density at radius 1 is 0.806 bits per heavy atom. The maximum Gasteiger partial charge on any atom is 0.261 e. The average molecular weight is 442 g/mol. The van der Waals surface area contributed by atoms with Crippen molar-refractivity contribution in [3.05, 3.63) is 72.3 Å². The van der Waals surface area contributed by atoms with Crippen LogP contribution in [0.5, 0.6) is 0 Å². The van der Waals surface area contributed by atoms with E-state index in [9.17, 15) is 18.6 Å². The first-order valence-corrected chi connectivity index (χ1v) is 11.7. The zero-order valence-electron chi connectivity index (χ0n) is 17.5. The Labute approximate surface area is 181 Å². The van der Waals surface area contributed by atoms with Crippen LogP contribution in [-0.4, -0.2) is 48.2 Å². The van der Waals surface area contributed by atoms with Gasteiger partial charge < -0.3 is 15.5 Å². The van der Waals surface area contributed by atoms with Crippen LogP contribution in [0.15, 0.2) is 66.7 Å². The lowest BCUT2D eigenvalue weighted by Crippen LogP contribution is -2.48. The molecular formula is C24H27NO5S. The summed E-state index contributed by atoms with van der Waals surface area (Å²) in [7, 11) is -3.67. The van der Waals surface area contributed by atoms with Gasteiger partial charge in [-0.3, -0.25) is 4.55 Å². The molecule has 0 fully saturated rings. The molecule has 4 aromatic rings. The lowest BCUT2D eigenvalue weighted by atomic mass is 9.96. The van der Waals surface area contributed by atoms with E-state index in [1.807, 2.05) is 6.92 Å². The lowest BCUT2D eigenvalue weighted by Gasteiger charge is -2.26. The van der Waals surface area contributed by atoms with E-state index in [0.717, 1.165) is 5.56 Å². The molecule has 0 radical (unpaired) electrons. The summed E-state index contributed by atoms with van der Waals surface area (Å²) in [4.78, 5) is 0. The zero-order chi connectivity index (χ0) is 22.6. The zero-order valence-corrected chi connectivity index (χ0v) is 18.4. The molecular weight excluding hydrogens is 414 g/mol. The summed E-state index contributed by atoms with van der Waals surface area (Å²) in [6, 6.07) is 23.7. The van der Waals surface area contributed by atoms with Gasteiger partial charge in [-0.2, -0.15) is 8.42 Å². The second kappa shape index (κ2) is 9.30. The van der Waals surface area contributed by atoms with Gasteiger partial charge >= 0.3 is 0 Å². The van der Waals surface area contributed by atoms with E-state index >= 15 is 0 Å². The molecule has 7 heteroatoms. The topological polar surface area (TPSA) is 107 Å². The minimum atomic E-state index is -3.67. The Bertz CT molecular complexity index is 1310. The second-order valence-corrected chi connectivity index (χ2v) is 9.43. The molecule has 0 atom stereocenters. The summed E-state index contributed by atoms with van der Waals surface area (Å²) in [5.41, 5.74) is 0.461. The molecule has 0 heterocycles. The van der Waals surface area contributed by atoms with Crippen molar-refractivity contribution >= 4 is 42.4 Å². The Morgan fingerprint density at radius 2 is 1.32 bits per heavy atom. The predicted molar refractivity (Wildman–Crippen MR) is 126 cm³/mol. The quantitative estimate of drug-likeness (QED) is 0.279. The first-order chi connectivity index (χ1) is 14.6. The van der Waals surface area contributed by atoms with Gasteiger partial charge in [-0.25, -0.2) is 0 Å². The van der Waals surface area contributed by atoms with Crippen LogP contribution in [0.4, 0.5) is 0 Å². The van der Waals surface area contributed by atoms with E-state index in [4.69, 9.17) is 4.55 Å². The van der Waals surface area contributed by atoms with E-state index < -0.39 is 15.7 Å². The van der Waals surface area contributed by atoms with Gasteiger partial charge in [-0.15, -0.1) is 0 Å². The SMILES string of the molecule is CC(CO)(CO)NCc1ccc2c(ccc3c4ccccc4ccc23)c1.CS(=O)(=O)O. The van der Waals surface area contributed by atoms with Crippen LogP contribution in [0.3, 0.4) is 0 Å². The molecule has 0 aliphatic heterocycles. The fraction of sp³-hybridized carbons (Fsp3) is 0.250. The summed E-state index contributed by atoms with van der Waals surface area (Å²) < 4.78 is 25.9. The Balaban J connectivity index is 0.000000491. The number of hydrogen-bond acceptors (Lipinski definition) is 5. The molecule has 0 unspecified atom stereocenters. The predicted octanol–water partition coefficient (Wildman–Crippen LogP) is 3.48. The molecule has 0 aliphatic rings. The van der Waals surface area contributed by atoms with Gasteiger partial charge in [-0.05, 0) is 50.9 Å². The summed E-state index contributed by atoms with van der Waals surface area (Å²) in [5, 5.41) is 29.6. The molecule has 0 saturated carbocycles. The third-order valence-electron chi connectivity index (χ3n) is 5.22. The maximum atomic E-state index is 9.42. The van der Waals surface area contributed by atoms with Crippen molar-refractivity contribution in [3.63, 3.8) is 0 Å². The number of aliphatic hydroxyl groups excluding tert-OH is 2. The van der Waals surface area contributed by atoms with Crippen LogP contribution in [0.1, 0.15) is 12.5 Å². The monoisotopic (exact) mass is 441 g/mol. The molecule has 4 N–H and O–H groups in total. The molecule has 0 aromatic heterocycles. The number of hydrogen-bond donors (Lipinski definition) is 4. The van der Waals surface area contributed by atoms with Gasteiger partial charge in [0.15, 0.2) is 0 Å². The summed E-state index contributed by atoms with van der Waals surface area (Å²) in [5.74, 6) is 0. The summed E-state index contributed by atoms with van der Waals surface area (Å²) in [6.45, 7) is 2.21. The maximum absolute atomic E-state index is 9.42. The van der Waals surface area contributed by atoms with Crippen LogP contribution in [0.2, 0.25) is 0 Å². The minimum absolute atomic E-state index is 0.102. The lowest BCUT2D eigenvalue weighted by molar-refractivity contribution is 0.103. The van der Waals surface area contributed by atoms with Crippen molar-refractivity contribution in [2.24, 2.45) is 0 Å².